The van der Waals surface area contributed by atoms with Crippen LogP contribution >= 0.6 is 0 Å². The molecule has 2 aromatic carbocycles. The fourth-order valence-electron chi connectivity index (χ4n) is 1.34. The largest absolute Gasteiger partial charge is 0.477 e. The van der Waals surface area contributed by atoms with E-state index in [4.69, 9.17) is 5.11 Å². The minimum atomic E-state index is -1.21. The van der Waals surface area contributed by atoms with Crippen molar-refractivity contribution < 1.29 is 14.7 Å². The highest BCUT2D eigenvalue weighted by Gasteiger charge is 2.08. The maximum atomic E-state index is 10.4. The zero-order valence-electron chi connectivity index (χ0n) is 10.3. The molecule has 0 heterocycles. The van der Waals surface area contributed by atoms with Crippen molar-refractivity contribution >= 4 is 11.9 Å². The van der Waals surface area contributed by atoms with E-state index in [0.29, 0.717) is 0 Å². The summed E-state index contributed by atoms with van der Waals surface area (Å²) in [7, 11) is 0. The standard InChI is InChI=1S/C10H8O3.C6H6/c11-7-9(10(12)13)6-8-4-2-1-3-5-8;1-2-4-6-5-3-1/h1-5H,6H2,(H,12,13);1-6H. The lowest BCUT2D eigenvalue weighted by atomic mass is 10.1. The Labute approximate surface area is 111 Å². The zero-order valence-corrected chi connectivity index (χ0v) is 10.3. The van der Waals surface area contributed by atoms with E-state index in [1.807, 2.05) is 42.5 Å². The summed E-state index contributed by atoms with van der Waals surface area (Å²) in [5.74, 6) is 0.208. The molecule has 96 valence electrons. The van der Waals surface area contributed by atoms with Crippen LogP contribution in [0.15, 0.2) is 72.3 Å². The Hall–Kier alpha value is -2.64. The van der Waals surface area contributed by atoms with Gasteiger partial charge in [-0.1, -0.05) is 66.7 Å². The molecule has 2 aromatic rings. The molecular formula is C16H14O3. The van der Waals surface area contributed by atoms with Gasteiger partial charge in [-0.05, 0) is 5.56 Å². The van der Waals surface area contributed by atoms with Crippen LogP contribution in [0.1, 0.15) is 5.56 Å². The maximum Gasteiger partial charge on any atom is 0.343 e. The average molecular weight is 254 g/mol. The van der Waals surface area contributed by atoms with Crippen LogP contribution in [0.25, 0.3) is 0 Å². The predicted molar refractivity (Wildman–Crippen MR) is 73.4 cm³/mol. The van der Waals surface area contributed by atoms with E-state index >= 15 is 0 Å². The van der Waals surface area contributed by atoms with Crippen LogP contribution in [0, 0.1) is 0 Å². The molecule has 3 nitrogen and oxygen atoms in total. The topological polar surface area (TPSA) is 54.4 Å². The van der Waals surface area contributed by atoms with E-state index in [1.165, 1.54) is 5.94 Å². The Morgan fingerprint density at radius 2 is 1.32 bits per heavy atom. The van der Waals surface area contributed by atoms with Crippen molar-refractivity contribution in [3.05, 3.63) is 77.9 Å². The summed E-state index contributed by atoms with van der Waals surface area (Å²) in [6, 6.07) is 20.9. The van der Waals surface area contributed by atoms with Gasteiger partial charge in [0, 0.05) is 6.42 Å². The Balaban J connectivity index is 0.000000250. The Morgan fingerprint density at radius 3 is 1.68 bits per heavy atom. The normalized spacial score (nSPS) is 8.63. The third kappa shape index (κ3) is 6.01. The monoisotopic (exact) mass is 254 g/mol. The third-order valence-electron chi connectivity index (χ3n) is 2.27. The van der Waals surface area contributed by atoms with Crippen molar-refractivity contribution in [2.75, 3.05) is 0 Å². The van der Waals surface area contributed by atoms with E-state index in [9.17, 15) is 9.59 Å². The smallest absolute Gasteiger partial charge is 0.343 e. The fourth-order valence-corrected chi connectivity index (χ4v) is 1.34. The molecular weight excluding hydrogens is 240 g/mol. The lowest BCUT2D eigenvalue weighted by molar-refractivity contribution is -0.132. The number of carboxylic acids is 1. The lowest BCUT2D eigenvalue weighted by Crippen LogP contribution is -2.04. The Bertz CT molecular complexity index is 514. The highest BCUT2D eigenvalue weighted by atomic mass is 16.4. The summed E-state index contributed by atoms with van der Waals surface area (Å²) < 4.78 is 0. The van der Waals surface area contributed by atoms with Crippen molar-refractivity contribution in [2.24, 2.45) is 0 Å². The lowest BCUT2D eigenvalue weighted by Gasteiger charge is -1.97. The van der Waals surface area contributed by atoms with Crippen molar-refractivity contribution in [3.63, 3.8) is 0 Å². The third-order valence-corrected chi connectivity index (χ3v) is 2.27. The molecule has 3 heteroatoms. The molecule has 0 bridgehead atoms. The van der Waals surface area contributed by atoms with Crippen LogP contribution in [0.5, 0.6) is 0 Å². The van der Waals surface area contributed by atoms with E-state index in [0.717, 1.165) is 5.56 Å². The molecule has 0 spiro atoms. The summed E-state index contributed by atoms with van der Waals surface area (Å²) in [5, 5.41) is 8.54. The van der Waals surface area contributed by atoms with Gasteiger partial charge in [-0.2, -0.15) is 0 Å². The first-order chi connectivity index (χ1) is 9.24. The molecule has 19 heavy (non-hydrogen) atoms. The number of hydrogen-bond donors (Lipinski definition) is 1. The number of hydrogen-bond acceptors (Lipinski definition) is 2. The molecule has 0 aliphatic heterocycles. The van der Waals surface area contributed by atoms with E-state index < -0.39 is 5.97 Å². The summed E-state index contributed by atoms with van der Waals surface area (Å²) in [4.78, 5) is 20.6. The van der Waals surface area contributed by atoms with Gasteiger partial charge in [0.05, 0.1) is 0 Å². The average Bonchev–Trinajstić information content (AvgIpc) is 2.48. The molecule has 1 N–H and O–H groups in total. The number of carbonyl (C=O) groups is 1. The zero-order chi connectivity index (χ0) is 13.9. The molecule has 0 radical (unpaired) electrons. The predicted octanol–water partition coefficient (Wildman–Crippen LogP) is 2.76. The summed E-state index contributed by atoms with van der Waals surface area (Å²) in [6.45, 7) is 0. The number of carboxylic acid groups (broad SMARTS) is 1. The van der Waals surface area contributed by atoms with Crippen LogP contribution in [0.3, 0.4) is 0 Å². The summed E-state index contributed by atoms with van der Waals surface area (Å²) >= 11 is 0. The van der Waals surface area contributed by atoms with Gasteiger partial charge in [-0.3, -0.25) is 0 Å². The SMILES string of the molecule is O=C=C(Cc1ccccc1)C(=O)O.c1ccccc1. The van der Waals surface area contributed by atoms with Gasteiger partial charge in [0.2, 0.25) is 0 Å². The van der Waals surface area contributed by atoms with Crippen LogP contribution < -0.4 is 0 Å². The quantitative estimate of drug-likeness (QED) is 0.677. The Morgan fingerprint density at radius 1 is 0.895 bits per heavy atom. The van der Waals surface area contributed by atoms with Gasteiger partial charge in [0.15, 0.2) is 0 Å². The van der Waals surface area contributed by atoms with Crippen molar-refractivity contribution in [3.8, 4) is 0 Å². The number of aliphatic carboxylic acids is 1. The van der Waals surface area contributed by atoms with E-state index in [2.05, 4.69) is 0 Å². The molecule has 0 aliphatic rings. The first-order valence-corrected chi connectivity index (χ1v) is 5.75. The number of benzene rings is 2. The van der Waals surface area contributed by atoms with E-state index in [-0.39, 0.29) is 12.0 Å². The highest BCUT2D eigenvalue weighted by molar-refractivity contribution is 5.95. The first-order valence-electron chi connectivity index (χ1n) is 5.75. The summed E-state index contributed by atoms with van der Waals surface area (Å²) in [6.07, 6.45) is 0.125. The number of rotatable bonds is 3. The van der Waals surface area contributed by atoms with Gasteiger partial charge in [-0.25, -0.2) is 9.59 Å². The van der Waals surface area contributed by atoms with Crippen molar-refractivity contribution in [1.29, 1.82) is 0 Å². The molecule has 0 saturated carbocycles. The first kappa shape index (κ1) is 14.4. The molecule has 0 unspecified atom stereocenters. The number of carbonyl (C=O) groups excluding carboxylic acids is 1. The van der Waals surface area contributed by atoms with Crippen LogP contribution in [0.4, 0.5) is 0 Å². The fraction of sp³-hybridized carbons (Fsp3) is 0.0625. The molecule has 2 rings (SSSR count). The summed E-state index contributed by atoms with van der Waals surface area (Å²) in [5.41, 5.74) is 0.550. The van der Waals surface area contributed by atoms with Crippen molar-refractivity contribution in [2.45, 2.75) is 6.42 Å². The minimum Gasteiger partial charge on any atom is -0.477 e. The molecule has 0 saturated heterocycles. The maximum absolute atomic E-state index is 10.4. The van der Waals surface area contributed by atoms with Gasteiger partial charge in [0.25, 0.3) is 0 Å². The highest BCUT2D eigenvalue weighted by Crippen LogP contribution is 2.05. The van der Waals surface area contributed by atoms with Gasteiger partial charge in [0.1, 0.15) is 11.5 Å². The van der Waals surface area contributed by atoms with Crippen LogP contribution in [-0.2, 0) is 16.0 Å². The molecule has 0 aliphatic carbocycles. The van der Waals surface area contributed by atoms with Crippen LogP contribution in [-0.4, -0.2) is 17.0 Å². The second-order valence-electron chi connectivity index (χ2n) is 3.70. The molecule has 0 atom stereocenters. The van der Waals surface area contributed by atoms with Gasteiger partial charge < -0.3 is 5.11 Å². The molecule has 0 fully saturated rings. The second kappa shape index (κ2) is 8.45. The minimum absolute atomic E-state index is 0.125. The van der Waals surface area contributed by atoms with E-state index in [1.54, 1.807) is 24.3 Å². The van der Waals surface area contributed by atoms with Crippen molar-refractivity contribution in [1.82, 2.24) is 0 Å². The van der Waals surface area contributed by atoms with Crippen LogP contribution in [0.2, 0.25) is 0 Å². The van der Waals surface area contributed by atoms with Gasteiger partial charge in [-0.15, -0.1) is 0 Å². The second-order valence-corrected chi connectivity index (χ2v) is 3.70. The van der Waals surface area contributed by atoms with Gasteiger partial charge >= 0.3 is 5.97 Å². The molecule has 0 aromatic heterocycles. The molecule has 0 amide bonds. The Kier molecular flexibility index (Phi) is 6.41.